The van der Waals surface area contributed by atoms with Gasteiger partial charge in [0.2, 0.25) is 0 Å². The molecule has 1 aliphatic rings. The largest absolute Gasteiger partial charge is 0.468 e. The standard InChI is InChI=1S/C15H14ClNO3/c1-19-8-20-9-5-6-11-10(7-9)15(16)14-12(17-11)3-2-4-13(14)18/h5-7H,2-4,8H2,1H3. The molecule has 20 heavy (non-hydrogen) atoms. The van der Waals surface area contributed by atoms with Crippen LogP contribution < -0.4 is 4.74 Å². The Balaban J connectivity index is 2.14. The zero-order chi connectivity index (χ0) is 14.1. The van der Waals surface area contributed by atoms with Gasteiger partial charge in [0, 0.05) is 18.9 Å². The Labute approximate surface area is 121 Å². The molecule has 0 aliphatic heterocycles. The zero-order valence-electron chi connectivity index (χ0n) is 11.1. The molecule has 0 saturated heterocycles. The number of aryl methyl sites for hydroxylation is 1. The highest BCUT2D eigenvalue weighted by atomic mass is 35.5. The number of nitrogens with zero attached hydrogens (tertiary/aromatic N) is 1. The molecule has 1 aromatic heterocycles. The molecule has 0 unspecified atom stereocenters. The van der Waals surface area contributed by atoms with E-state index in [0.29, 0.717) is 22.8 Å². The van der Waals surface area contributed by atoms with Crippen molar-refractivity contribution in [3.8, 4) is 5.75 Å². The van der Waals surface area contributed by atoms with Gasteiger partial charge < -0.3 is 9.47 Å². The third-order valence-corrected chi connectivity index (χ3v) is 3.80. The lowest BCUT2D eigenvalue weighted by Crippen LogP contribution is -2.13. The average molecular weight is 292 g/mol. The van der Waals surface area contributed by atoms with Crippen molar-refractivity contribution in [1.29, 1.82) is 0 Å². The van der Waals surface area contributed by atoms with Gasteiger partial charge in [-0.3, -0.25) is 9.78 Å². The van der Waals surface area contributed by atoms with Crippen molar-refractivity contribution in [2.45, 2.75) is 19.3 Å². The van der Waals surface area contributed by atoms with Crippen LogP contribution in [0.15, 0.2) is 18.2 Å². The molecule has 0 N–H and O–H groups in total. The first-order chi connectivity index (χ1) is 9.70. The van der Waals surface area contributed by atoms with Crippen LogP contribution in [0.2, 0.25) is 5.02 Å². The second-order valence-electron chi connectivity index (χ2n) is 4.75. The summed E-state index contributed by atoms with van der Waals surface area (Å²) in [6.07, 6.45) is 2.19. The first-order valence-corrected chi connectivity index (χ1v) is 6.85. The summed E-state index contributed by atoms with van der Waals surface area (Å²) < 4.78 is 10.3. The molecule has 2 aromatic rings. The molecule has 0 bridgehead atoms. The molecular formula is C15H14ClNO3. The molecule has 0 spiro atoms. The molecule has 1 aliphatic carbocycles. The number of ether oxygens (including phenoxy) is 2. The van der Waals surface area contributed by atoms with Crippen LogP contribution in [0.1, 0.15) is 28.9 Å². The van der Waals surface area contributed by atoms with Gasteiger partial charge in [0.1, 0.15) is 5.75 Å². The second-order valence-corrected chi connectivity index (χ2v) is 5.13. The first-order valence-electron chi connectivity index (χ1n) is 6.48. The van der Waals surface area contributed by atoms with Crippen LogP contribution >= 0.6 is 11.6 Å². The number of Topliss-reactive ketones (excluding diaryl/α,β-unsaturated/α-hetero) is 1. The summed E-state index contributed by atoms with van der Waals surface area (Å²) in [6, 6.07) is 5.47. The number of pyridine rings is 1. The summed E-state index contributed by atoms with van der Waals surface area (Å²) in [4.78, 5) is 16.6. The monoisotopic (exact) mass is 291 g/mol. The molecule has 4 nitrogen and oxygen atoms in total. The van der Waals surface area contributed by atoms with Gasteiger partial charge in [-0.15, -0.1) is 0 Å². The molecule has 104 valence electrons. The molecule has 0 saturated carbocycles. The molecule has 1 heterocycles. The molecule has 0 fully saturated rings. The average Bonchev–Trinajstić information content (AvgIpc) is 2.45. The Hall–Kier alpha value is -1.65. The normalized spacial score (nSPS) is 14.4. The fraction of sp³-hybridized carbons (Fsp3) is 0.333. The minimum Gasteiger partial charge on any atom is -0.468 e. The lowest BCUT2D eigenvalue weighted by molar-refractivity contribution is 0.0512. The predicted molar refractivity (Wildman–Crippen MR) is 76.5 cm³/mol. The van der Waals surface area contributed by atoms with Crippen LogP contribution in [0.4, 0.5) is 0 Å². The predicted octanol–water partition coefficient (Wildman–Crippen LogP) is 3.39. The Bertz CT molecular complexity index is 684. The molecule has 5 heteroatoms. The number of carbonyl (C=O) groups is 1. The smallest absolute Gasteiger partial charge is 0.188 e. The summed E-state index contributed by atoms with van der Waals surface area (Å²) in [5.41, 5.74) is 2.17. The summed E-state index contributed by atoms with van der Waals surface area (Å²) in [6.45, 7) is 0.167. The SMILES string of the molecule is COCOc1ccc2nc3c(c(Cl)c2c1)C(=O)CCC3. The number of ketones is 1. The maximum atomic E-state index is 12.0. The van der Waals surface area contributed by atoms with Gasteiger partial charge in [-0.25, -0.2) is 0 Å². The number of hydrogen-bond donors (Lipinski definition) is 0. The maximum absolute atomic E-state index is 12.0. The number of methoxy groups -OCH3 is 1. The van der Waals surface area contributed by atoms with Crippen LogP contribution in [0.25, 0.3) is 10.9 Å². The van der Waals surface area contributed by atoms with E-state index in [-0.39, 0.29) is 12.6 Å². The van der Waals surface area contributed by atoms with Crippen molar-refractivity contribution in [2.75, 3.05) is 13.9 Å². The number of benzene rings is 1. The molecule has 0 amide bonds. The van der Waals surface area contributed by atoms with Crippen LogP contribution in [-0.2, 0) is 11.2 Å². The van der Waals surface area contributed by atoms with E-state index in [1.54, 1.807) is 13.2 Å². The molecule has 0 atom stereocenters. The Kier molecular flexibility index (Phi) is 3.59. The first kappa shape index (κ1) is 13.3. The Morgan fingerprint density at radius 2 is 2.20 bits per heavy atom. The van der Waals surface area contributed by atoms with Crippen molar-refractivity contribution in [1.82, 2.24) is 4.98 Å². The molecule has 3 rings (SSSR count). The summed E-state index contributed by atoms with van der Waals surface area (Å²) >= 11 is 6.41. The van der Waals surface area contributed by atoms with Gasteiger partial charge in [0.05, 0.1) is 21.8 Å². The molecule has 0 radical (unpaired) electrons. The quantitative estimate of drug-likeness (QED) is 0.813. The second kappa shape index (κ2) is 5.38. The number of fused-ring (bicyclic) bond motifs is 2. The van der Waals surface area contributed by atoms with E-state index >= 15 is 0 Å². The fourth-order valence-electron chi connectivity index (χ4n) is 2.47. The minimum absolute atomic E-state index is 0.0777. The van der Waals surface area contributed by atoms with E-state index in [0.717, 1.165) is 29.4 Å². The highest BCUT2D eigenvalue weighted by Gasteiger charge is 2.23. The minimum atomic E-state index is 0.0777. The molecular weight excluding hydrogens is 278 g/mol. The van der Waals surface area contributed by atoms with E-state index in [9.17, 15) is 4.79 Å². The number of aromatic nitrogens is 1. The third-order valence-electron chi connectivity index (χ3n) is 3.41. The van der Waals surface area contributed by atoms with Crippen LogP contribution in [-0.4, -0.2) is 24.7 Å². The van der Waals surface area contributed by atoms with Gasteiger partial charge in [0.25, 0.3) is 0 Å². The van der Waals surface area contributed by atoms with Gasteiger partial charge >= 0.3 is 0 Å². The van der Waals surface area contributed by atoms with E-state index in [1.165, 1.54) is 0 Å². The van der Waals surface area contributed by atoms with Crippen LogP contribution in [0.5, 0.6) is 5.75 Å². The van der Waals surface area contributed by atoms with Crippen molar-refractivity contribution >= 4 is 28.3 Å². The lowest BCUT2D eigenvalue weighted by Gasteiger charge is -2.17. The zero-order valence-corrected chi connectivity index (χ0v) is 11.9. The van der Waals surface area contributed by atoms with Crippen molar-refractivity contribution in [2.24, 2.45) is 0 Å². The van der Waals surface area contributed by atoms with Crippen LogP contribution in [0, 0.1) is 0 Å². The van der Waals surface area contributed by atoms with Gasteiger partial charge in [-0.1, -0.05) is 11.6 Å². The van der Waals surface area contributed by atoms with Crippen molar-refractivity contribution < 1.29 is 14.3 Å². The van der Waals surface area contributed by atoms with E-state index < -0.39 is 0 Å². The van der Waals surface area contributed by atoms with E-state index in [1.807, 2.05) is 12.1 Å². The Morgan fingerprint density at radius 3 is 3.00 bits per heavy atom. The van der Waals surface area contributed by atoms with Gasteiger partial charge in [-0.05, 0) is 31.0 Å². The van der Waals surface area contributed by atoms with Crippen LogP contribution in [0.3, 0.4) is 0 Å². The lowest BCUT2D eigenvalue weighted by atomic mass is 9.93. The van der Waals surface area contributed by atoms with Gasteiger partial charge in [0.15, 0.2) is 12.6 Å². The summed E-state index contributed by atoms with van der Waals surface area (Å²) in [5, 5.41) is 1.23. The fourth-order valence-corrected chi connectivity index (χ4v) is 2.84. The van der Waals surface area contributed by atoms with Crippen molar-refractivity contribution in [3.63, 3.8) is 0 Å². The van der Waals surface area contributed by atoms with Gasteiger partial charge in [-0.2, -0.15) is 0 Å². The third kappa shape index (κ3) is 2.25. The maximum Gasteiger partial charge on any atom is 0.188 e. The Morgan fingerprint density at radius 1 is 1.35 bits per heavy atom. The van der Waals surface area contributed by atoms with Crippen molar-refractivity contribution in [3.05, 3.63) is 34.5 Å². The van der Waals surface area contributed by atoms with E-state index in [2.05, 4.69) is 4.98 Å². The highest BCUT2D eigenvalue weighted by molar-refractivity contribution is 6.38. The number of rotatable bonds is 3. The number of carbonyl (C=O) groups excluding carboxylic acids is 1. The topological polar surface area (TPSA) is 48.4 Å². The molecule has 1 aromatic carbocycles. The summed E-state index contributed by atoms with van der Waals surface area (Å²) in [7, 11) is 1.56. The highest BCUT2D eigenvalue weighted by Crippen LogP contribution is 2.34. The van der Waals surface area contributed by atoms with E-state index in [4.69, 9.17) is 21.1 Å². The number of halogens is 1. The summed E-state index contributed by atoms with van der Waals surface area (Å²) in [5.74, 6) is 0.722. The number of hydrogen-bond acceptors (Lipinski definition) is 4.